The molecule has 2 aromatic carbocycles. The highest BCUT2D eigenvalue weighted by molar-refractivity contribution is 5.41. The molecule has 0 saturated carbocycles. The van der Waals surface area contributed by atoms with Crippen molar-refractivity contribution in [3.8, 4) is 17.2 Å². The molecule has 0 radical (unpaired) electrons. The average Bonchev–Trinajstić information content (AvgIpc) is 2.47. The molecule has 20 heavy (non-hydrogen) atoms. The molecule has 0 aliphatic heterocycles. The van der Waals surface area contributed by atoms with Crippen molar-refractivity contribution in [1.82, 2.24) is 0 Å². The highest BCUT2D eigenvalue weighted by atomic mass is 16.5. The third kappa shape index (κ3) is 3.75. The van der Waals surface area contributed by atoms with Crippen molar-refractivity contribution in [2.24, 2.45) is 5.73 Å². The van der Waals surface area contributed by atoms with Crippen molar-refractivity contribution in [3.05, 3.63) is 53.6 Å². The zero-order chi connectivity index (χ0) is 14.4. The van der Waals surface area contributed by atoms with Gasteiger partial charge in [-0.25, -0.2) is 0 Å². The highest BCUT2D eigenvalue weighted by Gasteiger charge is 2.04. The van der Waals surface area contributed by atoms with E-state index >= 15 is 0 Å². The first kappa shape index (κ1) is 14.4. The minimum absolute atomic E-state index is 0.466. The Morgan fingerprint density at radius 2 is 1.70 bits per heavy atom. The van der Waals surface area contributed by atoms with E-state index in [0.29, 0.717) is 6.54 Å². The molecule has 0 heterocycles. The smallest absolute Gasteiger partial charge is 0.132 e. The van der Waals surface area contributed by atoms with Gasteiger partial charge < -0.3 is 15.2 Å². The molecule has 3 nitrogen and oxygen atoms in total. The maximum atomic E-state index is 5.91. The lowest BCUT2D eigenvalue weighted by atomic mass is 10.1. The number of hydrogen-bond acceptors (Lipinski definition) is 3. The molecule has 0 atom stereocenters. The Morgan fingerprint density at radius 3 is 2.35 bits per heavy atom. The van der Waals surface area contributed by atoms with Crippen molar-refractivity contribution in [3.63, 3.8) is 0 Å². The lowest BCUT2D eigenvalue weighted by Crippen LogP contribution is -2.00. The molecule has 0 aromatic heterocycles. The monoisotopic (exact) mass is 271 g/mol. The first-order valence-electron chi connectivity index (χ1n) is 6.93. The number of aryl methyl sites for hydroxylation is 1. The van der Waals surface area contributed by atoms with Crippen molar-refractivity contribution < 1.29 is 9.47 Å². The minimum atomic E-state index is 0.466. The fraction of sp³-hybridized carbons (Fsp3) is 0.294. The molecule has 0 fully saturated rings. The first-order chi connectivity index (χ1) is 9.72. The Labute approximate surface area is 120 Å². The van der Waals surface area contributed by atoms with E-state index in [-0.39, 0.29) is 0 Å². The molecule has 0 aliphatic carbocycles. The third-order valence-electron chi connectivity index (χ3n) is 2.97. The second kappa shape index (κ2) is 6.96. The zero-order valence-electron chi connectivity index (χ0n) is 12.1. The van der Waals surface area contributed by atoms with Crippen molar-refractivity contribution in [2.45, 2.75) is 26.8 Å². The van der Waals surface area contributed by atoms with E-state index in [1.54, 1.807) is 0 Å². The molecule has 0 unspecified atom stereocenters. The Kier molecular flexibility index (Phi) is 5.02. The van der Waals surface area contributed by atoms with Crippen LogP contribution in [0.15, 0.2) is 42.5 Å². The van der Waals surface area contributed by atoms with Gasteiger partial charge in [-0.15, -0.1) is 0 Å². The van der Waals surface area contributed by atoms with Gasteiger partial charge in [0.1, 0.15) is 17.2 Å². The molecule has 2 rings (SSSR count). The van der Waals surface area contributed by atoms with Gasteiger partial charge in [-0.3, -0.25) is 0 Å². The largest absolute Gasteiger partial charge is 0.494 e. The second-order valence-corrected chi connectivity index (χ2v) is 4.74. The summed E-state index contributed by atoms with van der Waals surface area (Å²) in [5.41, 5.74) is 7.89. The molecule has 0 aliphatic rings. The van der Waals surface area contributed by atoms with Crippen LogP contribution in [-0.2, 0) is 6.54 Å². The van der Waals surface area contributed by atoms with E-state index in [0.717, 1.165) is 41.4 Å². The minimum Gasteiger partial charge on any atom is -0.494 e. The predicted molar refractivity (Wildman–Crippen MR) is 81.4 cm³/mol. The lowest BCUT2D eigenvalue weighted by molar-refractivity contribution is 0.317. The SMILES string of the molecule is CCCOc1ccc(Oc2cc(C)ccc2CN)cc1. The Bertz CT molecular complexity index is 549. The fourth-order valence-electron chi connectivity index (χ4n) is 1.88. The standard InChI is InChI=1S/C17H21NO2/c1-3-10-19-15-6-8-16(9-7-15)20-17-11-13(2)4-5-14(17)12-18/h4-9,11H,3,10,12,18H2,1-2H3. The summed E-state index contributed by atoms with van der Waals surface area (Å²) < 4.78 is 11.5. The van der Waals surface area contributed by atoms with Crippen molar-refractivity contribution in [1.29, 1.82) is 0 Å². The molecule has 0 spiro atoms. The molecule has 2 aromatic rings. The van der Waals surface area contributed by atoms with E-state index in [1.165, 1.54) is 0 Å². The van der Waals surface area contributed by atoms with Gasteiger partial charge in [0, 0.05) is 12.1 Å². The summed E-state index contributed by atoms with van der Waals surface area (Å²) in [6.07, 6.45) is 1.00. The van der Waals surface area contributed by atoms with Crippen LogP contribution in [0.5, 0.6) is 17.2 Å². The average molecular weight is 271 g/mol. The fourth-order valence-corrected chi connectivity index (χ4v) is 1.88. The van der Waals surface area contributed by atoms with Gasteiger partial charge >= 0.3 is 0 Å². The molecule has 106 valence electrons. The summed E-state index contributed by atoms with van der Waals surface area (Å²) in [5.74, 6) is 2.46. The quantitative estimate of drug-likeness (QED) is 0.862. The summed E-state index contributed by atoms with van der Waals surface area (Å²) >= 11 is 0. The lowest BCUT2D eigenvalue weighted by Gasteiger charge is -2.11. The normalized spacial score (nSPS) is 10.3. The van der Waals surface area contributed by atoms with Crippen LogP contribution in [0.1, 0.15) is 24.5 Å². The van der Waals surface area contributed by atoms with Crippen molar-refractivity contribution in [2.75, 3.05) is 6.61 Å². The number of benzene rings is 2. The molecular formula is C17H21NO2. The van der Waals surface area contributed by atoms with Crippen LogP contribution in [-0.4, -0.2) is 6.61 Å². The van der Waals surface area contributed by atoms with Gasteiger partial charge in [-0.2, -0.15) is 0 Å². The number of hydrogen-bond donors (Lipinski definition) is 1. The summed E-state index contributed by atoms with van der Waals surface area (Å²) in [6.45, 7) is 5.32. The van der Waals surface area contributed by atoms with Crippen LogP contribution in [0.4, 0.5) is 0 Å². The summed E-state index contributed by atoms with van der Waals surface area (Å²) in [4.78, 5) is 0. The first-order valence-corrected chi connectivity index (χ1v) is 6.93. The zero-order valence-corrected chi connectivity index (χ0v) is 12.1. The van der Waals surface area contributed by atoms with Crippen LogP contribution in [0, 0.1) is 6.92 Å². The predicted octanol–water partition coefficient (Wildman–Crippen LogP) is 4.03. The molecule has 2 N–H and O–H groups in total. The molecule has 0 bridgehead atoms. The molecular weight excluding hydrogens is 250 g/mol. The van der Waals surface area contributed by atoms with Gasteiger partial charge in [-0.05, 0) is 49.2 Å². The van der Waals surface area contributed by atoms with E-state index in [9.17, 15) is 0 Å². The summed E-state index contributed by atoms with van der Waals surface area (Å²) in [6, 6.07) is 13.7. The maximum absolute atomic E-state index is 5.91. The van der Waals surface area contributed by atoms with Crippen LogP contribution in [0.25, 0.3) is 0 Å². The maximum Gasteiger partial charge on any atom is 0.132 e. The van der Waals surface area contributed by atoms with Gasteiger partial charge in [0.25, 0.3) is 0 Å². The topological polar surface area (TPSA) is 44.5 Å². The molecule has 3 heteroatoms. The van der Waals surface area contributed by atoms with Crippen LogP contribution < -0.4 is 15.2 Å². The summed E-state index contributed by atoms with van der Waals surface area (Å²) in [5, 5.41) is 0. The van der Waals surface area contributed by atoms with E-state index in [1.807, 2.05) is 49.4 Å². The molecule has 0 saturated heterocycles. The van der Waals surface area contributed by atoms with E-state index < -0.39 is 0 Å². The number of nitrogens with two attached hydrogens (primary N) is 1. The third-order valence-corrected chi connectivity index (χ3v) is 2.97. The number of ether oxygens (including phenoxy) is 2. The van der Waals surface area contributed by atoms with E-state index in [2.05, 4.69) is 6.92 Å². The molecule has 0 amide bonds. The summed E-state index contributed by atoms with van der Waals surface area (Å²) in [7, 11) is 0. The van der Waals surface area contributed by atoms with Gasteiger partial charge in [0.2, 0.25) is 0 Å². The van der Waals surface area contributed by atoms with E-state index in [4.69, 9.17) is 15.2 Å². The Morgan fingerprint density at radius 1 is 1.00 bits per heavy atom. The highest BCUT2D eigenvalue weighted by Crippen LogP contribution is 2.27. The Balaban J connectivity index is 2.11. The van der Waals surface area contributed by atoms with Gasteiger partial charge in [0.15, 0.2) is 0 Å². The van der Waals surface area contributed by atoms with Gasteiger partial charge in [-0.1, -0.05) is 19.1 Å². The van der Waals surface area contributed by atoms with Crippen LogP contribution in [0.3, 0.4) is 0 Å². The number of rotatable bonds is 6. The van der Waals surface area contributed by atoms with Crippen LogP contribution in [0.2, 0.25) is 0 Å². The van der Waals surface area contributed by atoms with Crippen molar-refractivity contribution >= 4 is 0 Å². The Hall–Kier alpha value is -2.00. The van der Waals surface area contributed by atoms with Crippen LogP contribution >= 0.6 is 0 Å². The van der Waals surface area contributed by atoms with Gasteiger partial charge in [0.05, 0.1) is 6.61 Å². The second-order valence-electron chi connectivity index (χ2n) is 4.74.